The number of aryl methyl sites for hydroxylation is 2. The van der Waals surface area contributed by atoms with Crippen molar-refractivity contribution in [3.8, 4) is 0 Å². The Morgan fingerprint density at radius 3 is 2.44 bits per heavy atom. The summed E-state index contributed by atoms with van der Waals surface area (Å²) < 4.78 is 0. The fourth-order valence-electron chi connectivity index (χ4n) is 4.23. The number of fused-ring (bicyclic) bond motifs is 1. The molecule has 6 nitrogen and oxygen atoms in total. The number of pyridine rings is 1. The van der Waals surface area contributed by atoms with Gasteiger partial charge in [-0.1, -0.05) is 29.8 Å². The molecule has 32 heavy (non-hydrogen) atoms. The molecule has 0 saturated carbocycles. The van der Waals surface area contributed by atoms with Crippen LogP contribution in [0.2, 0.25) is 0 Å². The summed E-state index contributed by atoms with van der Waals surface area (Å²) in [6.45, 7) is 7.83. The monoisotopic (exact) mass is 430 g/mol. The van der Waals surface area contributed by atoms with Crippen LogP contribution in [0.5, 0.6) is 0 Å². The SMILES string of the molecule is CC(=O)Nc1ccc2nc(N3CCC(C(=O)NCc4ccc(C)cc4)CC3)cc(C)c2c1. The molecule has 0 atom stereocenters. The lowest BCUT2D eigenvalue weighted by molar-refractivity contribution is -0.125. The number of rotatable bonds is 5. The summed E-state index contributed by atoms with van der Waals surface area (Å²) >= 11 is 0. The average molecular weight is 431 g/mol. The van der Waals surface area contributed by atoms with Crippen molar-refractivity contribution >= 4 is 34.2 Å². The highest BCUT2D eigenvalue weighted by Gasteiger charge is 2.25. The number of nitrogens with one attached hydrogen (secondary N) is 2. The van der Waals surface area contributed by atoms with Gasteiger partial charge in [0.05, 0.1) is 5.52 Å². The molecule has 2 heterocycles. The average Bonchev–Trinajstić information content (AvgIpc) is 2.78. The molecule has 0 aliphatic carbocycles. The number of carbonyl (C=O) groups excluding carboxylic acids is 2. The van der Waals surface area contributed by atoms with Crippen molar-refractivity contribution in [1.29, 1.82) is 0 Å². The first-order chi connectivity index (χ1) is 15.4. The summed E-state index contributed by atoms with van der Waals surface area (Å²) in [5, 5.41) is 6.95. The van der Waals surface area contributed by atoms with Gasteiger partial charge < -0.3 is 15.5 Å². The molecule has 2 amide bonds. The van der Waals surface area contributed by atoms with Gasteiger partial charge in [0.25, 0.3) is 0 Å². The number of carbonyl (C=O) groups is 2. The van der Waals surface area contributed by atoms with Crippen LogP contribution in [0.3, 0.4) is 0 Å². The molecule has 6 heteroatoms. The lowest BCUT2D eigenvalue weighted by atomic mass is 9.95. The topological polar surface area (TPSA) is 74.3 Å². The van der Waals surface area contributed by atoms with Crippen LogP contribution in [-0.2, 0) is 16.1 Å². The molecule has 1 aliphatic heterocycles. The second kappa shape index (κ2) is 9.39. The van der Waals surface area contributed by atoms with Crippen LogP contribution >= 0.6 is 0 Å². The summed E-state index contributed by atoms with van der Waals surface area (Å²) in [7, 11) is 0. The van der Waals surface area contributed by atoms with Crippen LogP contribution in [0, 0.1) is 19.8 Å². The summed E-state index contributed by atoms with van der Waals surface area (Å²) in [5.41, 5.74) is 5.15. The normalized spacial score (nSPS) is 14.4. The number of amides is 2. The molecular weight excluding hydrogens is 400 g/mol. The van der Waals surface area contributed by atoms with Crippen LogP contribution in [0.4, 0.5) is 11.5 Å². The standard InChI is InChI=1S/C26H30N4O2/c1-17-4-6-20(7-5-17)16-27-26(32)21-10-12-30(13-11-21)25-14-18(2)23-15-22(28-19(3)31)8-9-24(23)29-25/h4-9,14-15,21H,10-13,16H2,1-3H3,(H,27,32)(H,28,31). The fourth-order valence-corrected chi connectivity index (χ4v) is 4.23. The zero-order chi connectivity index (χ0) is 22.7. The summed E-state index contributed by atoms with van der Waals surface area (Å²) in [4.78, 5) is 31.1. The fraction of sp³-hybridized carbons (Fsp3) is 0.346. The third kappa shape index (κ3) is 5.07. The summed E-state index contributed by atoms with van der Waals surface area (Å²) in [6, 6.07) is 16.1. The number of hydrogen-bond donors (Lipinski definition) is 2. The van der Waals surface area contributed by atoms with E-state index in [1.54, 1.807) is 0 Å². The second-order valence-corrected chi connectivity index (χ2v) is 8.68. The number of benzene rings is 2. The van der Waals surface area contributed by atoms with E-state index in [0.717, 1.165) is 59.5 Å². The molecule has 0 spiro atoms. The first kappa shape index (κ1) is 21.8. The third-order valence-corrected chi connectivity index (χ3v) is 6.10. The van der Waals surface area contributed by atoms with Gasteiger partial charge >= 0.3 is 0 Å². The molecule has 3 aromatic rings. The van der Waals surface area contributed by atoms with Crippen molar-refractivity contribution in [1.82, 2.24) is 10.3 Å². The maximum Gasteiger partial charge on any atom is 0.223 e. The Bertz CT molecular complexity index is 1130. The van der Waals surface area contributed by atoms with Crippen LogP contribution in [0.15, 0.2) is 48.5 Å². The third-order valence-electron chi connectivity index (χ3n) is 6.10. The molecule has 2 N–H and O–H groups in total. The molecule has 2 aromatic carbocycles. The molecule has 4 rings (SSSR count). The van der Waals surface area contributed by atoms with E-state index in [9.17, 15) is 9.59 Å². The molecule has 0 radical (unpaired) electrons. The highest BCUT2D eigenvalue weighted by atomic mass is 16.2. The Morgan fingerprint density at radius 1 is 1.03 bits per heavy atom. The lowest BCUT2D eigenvalue weighted by Crippen LogP contribution is -2.40. The number of hydrogen-bond acceptors (Lipinski definition) is 4. The molecule has 1 fully saturated rings. The Labute approximate surface area is 189 Å². The first-order valence-electron chi connectivity index (χ1n) is 11.2. The van der Waals surface area contributed by atoms with Crippen molar-refractivity contribution in [2.24, 2.45) is 5.92 Å². The van der Waals surface area contributed by atoms with Gasteiger partial charge in [0.1, 0.15) is 5.82 Å². The molecule has 1 aromatic heterocycles. The Hall–Kier alpha value is -3.41. The quantitative estimate of drug-likeness (QED) is 0.631. The predicted molar refractivity (Wildman–Crippen MR) is 129 cm³/mol. The molecule has 166 valence electrons. The van der Waals surface area contributed by atoms with Crippen molar-refractivity contribution in [2.45, 2.75) is 40.2 Å². The van der Waals surface area contributed by atoms with Crippen molar-refractivity contribution in [3.63, 3.8) is 0 Å². The Balaban J connectivity index is 1.37. The van der Waals surface area contributed by atoms with Gasteiger partial charge in [-0.3, -0.25) is 9.59 Å². The van der Waals surface area contributed by atoms with E-state index in [2.05, 4.69) is 59.7 Å². The maximum absolute atomic E-state index is 12.6. The van der Waals surface area contributed by atoms with Crippen molar-refractivity contribution in [2.75, 3.05) is 23.3 Å². The van der Waals surface area contributed by atoms with Crippen molar-refractivity contribution < 1.29 is 9.59 Å². The molecule has 0 unspecified atom stereocenters. The molecule has 1 saturated heterocycles. The minimum absolute atomic E-state index is 0.0402. The number of nitrogens with zero attached hydrogens (tertiary/aromatic N) is 2. The largest absolute Gasteiger partial charge is 0.357 e. The lowest BCUT2D eigenvalue weighted by Gasteiger charge is -2.32. The van der Waals surface area contributed by atoms with Crippen LogP contribution < -0.4 is 15.5 Å². The van der Waals surface area contributed by atoms with Gasteiger partial charge in [0.15, 0.2) is 0 Å². The van der Waals surface area contributed by atoms with Crippen LogP contribution in [0.25, 0.3) is 10.9 Å². The van der Waals surface area contributed by atoms with E-state index in [-0.39, 0.29) is 17.7 Å². The minimum Gasteiger partial charge on any atom is -0.357 e. The van der Waals surface area contributed by atoms with E-state index in [4.69, 9.17) is 4.98 Å². The predicted octanol–water partition coefficient (Wildman–Crippen LogP) is 4.34. The van der Waals surface area contributed by atoms with Gasteiger partial charge in [0, 0.05) is 43.5 Å². The molecule has 0 bridgehead atoms. The smallest absolute Gasteiger partial charge is 0.223 e. The Morgan fingerprint density at radius 2 is 1.75 bits per heavy atom. The highest BCUT2D eigenvalue weighted by molar-refractivity contribution is 5.93. The summed E-state index contributed by atoms with van der Waals surface area (Å²) in [6.07, 6.45) is 1.64. The number of aromatic nitrogens is 1. The van der Waals surface area contributed by atoms with Crippen LogP contribution in [0.1, 0.15) is 36.5 Å². The Kier molecular flexibility index (Phi) is 6.40. The van der Waals surface area contributed by atoms with E-state index < -0.39 is 0 Å². The van der Waals surface area contributed by atoms with E-state index in [1.807, 2.05) is 18.2 Å². The molecular formula is C26H30N4O2. The first-order valence-corrected chi connectivity index (χ1v) is 11.2. The highest BCUT2D eigenvalue weighted by Crippen LogP contribution is 2.28. The van der Waals surface area contributed by atoms with Gasteiger partial charge in [-0.15, -0.1) is 0 Å². The molecule has 1 aliphatic rings. The zero-order valence-electron chi connectivity index (χ0n) is 18.9. The van der Waals surface area contributed by atoms with Gasteiger partial charge in [-0.25, -0.2) is 4.98 Å². The van der Waals surface area contributed by atoms with Gasteiger partial charge in [0.2, 0.25) is 11.8 Å². The minimum atomic E-state index is -0.0858. The van der Waals surface area contributed by atoms with Crippen molar-refractivity contribution in [3.05, 3.63) is 65.2 Å². The second-order valence-electron chi connectivity index (χ2n) is 8.68. The van der Waals surface area contributed by atoms with E-state index >= 15 is 0 Å². The number of anilines is 2. The maximum atomic E-state index is 12.6. The zero-order valence-corrected chi connectivity index (χ0v) is 18.9. The van der Waals surface area contributed by atoms with E-state index in [1.165, 1.54) is 12.5 Å². The summed E-state index contributed by atoms with van der Waals surface area (Å²) in [5.74, 6) is 1.04. The van der Waals surface area contributed by atoms with Gasteiger partial charge in [-0.05, 0) is 62.1 Å². The van der Waals surface area contributed by atoms with E-state index in [0.29, 0.717) is 6.54 Å². The number of piperidine rings is 1. The van der Waals surface area contributed by atoms with Crippen LogP contribution in [-0.4, -0.2) is 29.9 Å². The van der Waals surface area contributed by atoms with Gasteiger partial charge in [-0.2, -0.15) is 0 Å².